The second kappa shape index (κ2) is 8.39. The van der Waals surface area contributed by atoms with Crippen molar-refractivity contribution >= 4 is 39.4 Å². The molecule has 152 valence electrons. The van der Waals surface area contributed by atoms with Crippen molar-refractivity contribution in [3.63, 3.8) is 0 Å². The number of aromatic nitrogens is 2. The molecule has 3 aromatic carbocycles. The SMILES string of the molecule is COc1ccc(CNc2nc3ccc(I)cc3c(=O)n2-c2cc(F)cc(F)c2)cc1. The van der Waals surface area contributed by atoms with Gasteiger partial charge < -0.3 is 10.1 Å². The molecule has 0 unspecified atom stereocenters. The van der Waals surface area contributed by atoms with Gasteiger partial charge in [-0.25, -0.2) is 18.3 Å². The molecule has 0 atom stereocenters. The first kappa shape index (κ1) is 20.3. The molecular weight excluding hydrogens is 503 g/mol. The van der Waals surface area contributed by atoms with Gasteiger partial charge in [-0.1, -0.05) is 12.1 Å². The number of benzene rings is 3. The van der Waals surface area contributed by atoms with Crippen LogP contribution in [-0.2, 0) is 6.54 Å². The maximum absolute atomic E-state index is 13.9. The van der Waals surface area contributed by atoms with Gasteiger partial charge in [0.05, 0.1) is 23.7 Å². The molecule has 1 heterocycles. The summed E-state index contributed by atoms with van der Waals surface area (Å²) in [5.41, 5.74) is 1.05. The van der Waals surface area contributed by atoms with Gasteiger partial charge >= 0.3 is 0 Å². The fraction of sp³-hybridized carbons (Fsp3) is 0.0909. The van der Waals surface area contributed by atoms with E-state index in [1.807, 2.05) is 30.3 Å². The number of halogens is 3. The average Bonchev–Trinajstić information content (AvgIpc) is 2.72. The summed E-state index contributed by atoms with van der Waals surface area (Å²) in [5.74, 6) is -0.639. The normalized spacial score (nSPS) is 10.9. The highest BCUT2D eigenvalue weighted by atomic mass is 127. The fourth-order valence-electron chi connectivity index (χ4n) is 3.11. The quantitative estimate of drug-likeness (QED) is 0.382. The van der Waals surface area contributed by atoms with Gasteiger partial charge in [0.15, 0.2) is 0 Å². The molecule has 0 radical (unpaired) electrons. The van der Waals surface area contributed by atoms with Crippen LogP contribution in [0.5, 0.6) is 5.75 Å². The fourth-order valence-corrected chi connectivity index (χ4v) is 3.60. The van der Waals surface area contributed by atoms with Crippen molar-refractivity contribution in [1.29, 1.82) is 0 Å². The molecule has 0 aliphatic carbocycles. The molecule has 1 aromatic heterocycles. The highest BCUT2D eigenvalue weighted by molar-refractivity contribution is 14.1. The van der Waals surface area contributed by atoms with Gasteiger partial charge in [-0.15, -0.1) is 0 Å². The van der Waals surface area contributed by atoms with Crippen LogP contribution in [0.25, 0.3) is 16.6 Å². The van der Waals surface area contributed by atoms with E-state index < -0.39 is 17.2 Å². The van der Waals surface area contributed by atoms with Crippen molar-refractivity contribution < 1.29 is 13.5 Å². The summed E-state index contributed by atoms with van der Waals surface area (Å²) in [7, 11) is 1.59. The number of ether oxygens (including phenoxy) is 1. The average molecular weight is 519 g/mol. The minimum absolute atomic E-state index is 0.0583. The largest absolute Gasteiger partial charge is 0.497 e. The molecule has 30 heavy (non-hydrogen) atoms. The van der Waals surface area contributed by atoms with Crippen molar-refractivity contribution in [3.8, 4) is 11.4 Å². The zero-order valence-electron chi connectivity index (χ0n) is 15.8. The zero-order valence-corrected chi connectivity index (χ0v) is 18.0. The first-order chi connectivity index (χ1) is 14.4. The van der Waals surface area contributed by atoms with E-state index in [1.165, 1.54) is 4.57 Å². The van der Waals surface area contributed by atoms with Crippen LogP contribution in [0.15, 0.2) is 65.5 Å². The number of rotatable bonds is 5. The highest BCUT2D eigenvalue weighted by Crippen LogP contribution is 2.21. The van der Waals surface area contributed by atoms with E-state index in [4.69, 9.17) is 4.74 Å². The van der Waals surface area contributed by atoms with Crippen molar-refractivity contribution in [1.82, 2.24) is 9.55 Å². The van der Waals surface area contributed by atoms with E-state index in [1.54, 1.807) is 19.2 Å². The highest BCUT2D eigenvalue weighted by Gasteiger charge is 2.15. The van der Waals surface area contributed by atoms with E-state index in [-0.39, 0.29) is 11.6 Å². The summed E-state index contributed by atoms with van der Waals surface area (Å²) >= 11 is 2.10. The van der Waals surface area contributed by atoms with E-state index in [0.29, 0.717) is 17.4 Å². The molecule has 0 spiro atoms. The van der Waals surface area contributed by atoms with E-state index in [0.717, 1.165) is 33.1 Å². The van der Waals surface area contributed by atoms with Crippen LogP contribution in [0.3, 0.4) is 0 Å². The molecule has 0 aliphatic rings. The topological polar surface area (TPSA) is 56.1 Å². The first-order valence-electron chi connectivity index (χ1n) is 9.00. The molecule has 0 bridgehead atoms. The lowest BCUT2D eigenvalue weighted by molar-refractivity contribution is 0.414. The Morgan fingerprint density at radius 3 is 2.40 bits per heavy atom. The molecule has 4 aromatic rings. The number of nitrogens with one attached hydrogen (secondary N) is 1. The Hall–Kier alpha value is -3.01. The zero-order chi connectivity index (χ0) is 21.3. The minimum atomic E-state index is -0.777. The van der Waals surface area contributed by atoms with Gasteiger partial charge in [0.2, 0.25) is 5.95 Å². The second-order valence-electron chi connectivity index (χ2n) is 6.57. The molecule has 5 nitrogen and oxygen atoms in total. The van der Waals surface area contributed by atoms with Gasteiger partial charge in [-0.3, -0.25) is 4.79 Å². The lowest BCUT2D eigenvalue weighted by Crippen LogP contribution is -2.24. The third-order valence-electron chi connectivity index (χ3n) is 4.55. The summed E-state index contributed by atoms with van der Waals surface area (Å²) in [6.45, 7) is 0.351. The Labute approximate surface area is 184 Å². The van der Waals surface area contributed by atoms with Gasteiger partial charge in [-0.2, -0.15) is 0 Å². The summed E-state index contributed by atoms with van der Waals surface area (Å²) < 4.78 is 34.9. The molecule has 0 saturated carbocycles. The molecule has 0 aliphatic heterocycles. The summed E-state index contributed by atoms with van der Waals surface area (Å²) in [4.78, 5) is 17.8. The molecule has 0 amide bonds. The molecule has 0 saturated heterocycles. The Morgan fingerprint density at radius 2 is 1.73 bits per heavy atom. The van der Waals surface area contributed by atoms with Crippen LogP contribution < -0.4 is 15.6 Å². The maximum Gasteiger partial charge on any atom is 0.267 e. The predicted molar refractivity (Wildman–Crippen MR) is 120 cm³/mol. The Balaban J connectivity index is 1.83. The van der Waals surface area contributed by atoms with Gasteiger partial charge in [0.1, 0.15) is 17.4 Å². The predicted octanol–water partition coefficient (Wildman–Crippen LogP) is 4.89. The van der Waals surface area contributed by atoms with Crippen LogP contribution >= 0.6 is 22.6 Å². The molecule has 8 heteroatoms. The maximum atomic E-state index is 13.9. The summed E-state index contributed by atoms with van der Waals surface area (Å²) in [6.07, 6.45) is 0. The third kappa shape index (κ3) is 4.13. The van der Waals surface area contributed by atoms with Crippen LogP contribution in [0.4, 0.5) is 14.7 Å². The number of methoxy groups -OCH3 is 1. The first-order valence-corrected chi connectivity index (χ1v) is 10.1. The number of hydrogen-bond donors (Lipinski definition) is 1. The number of anilines is 1. The lowest BCUT2D eigenvalue weighted by atomic mass is 10.2. The monoisotopic (exact) mass is 519 g/mol. The van der Waals surface area contributed by atoms with Crippen molar-refractivity contribution in [2.75, 3.05) is 12.4 Å². The Kier molecular flexibility index (Phi) is 5.67. The standard InChI is InChI=1S/C22H16F2IN3O2/c1-30-18-5-2-13(3-6-18)12-26-22-27-20-7-4-16(25)11-19(20)21(29)28(22)17-9-14(23)8-15(24)10-17/h2-11H,12H2,1H3,(H,26,27). The van der Waals surface area contributed by atoms with Gasteiger partial charge in [-0.05, 0) is 70.6 Å². The van der Waals surface area contributed by atoms with Gasteiger partial charge in [0, 0.05) is 16.2 Å². The van der Waals surface area contributed by atoms with Crippen LogP contribution in [-0.4, -0.2) is 16.7 Å². The smallest absolute Gasteiger partial charge is 0.267 e. The molecule has 0 fully saturated rings. The van der Waals surface area contributed by atoms with Crippen LogP contribution in [0.2, 0.25) is 0 Å². The van der Waals surface area contributed by atoms with Gasteiger partial charge in [0.25, 0.3) is 5.56 Å². The molecule has 4 rings (SSSR count). The number of fused-ring (bicyclic) bond motifs is 1. The molecule has 1 N–H and O–H groups in total. The Morgan fingerprint density at radius 1 is 1.03 bits per heavy atom. The number of hydrogen-bond acceptors (Lipinski definition) is 4. The Bertz CT molecular complexity index is 1270. The van der Waals surface area contributed by atoms with Crippen molar-refractivity contribution in [2.24, 2.45) is 0 Å². The van der Waals surface area contributed by atoms with Crippen LogP contribution in [0, 0.1) is 15.2 Å². The second-order valence-corrected chi connectivity index (χ2v) is 7.81. The lowest BCUT2D eigenvalue weighted by Gasteiger charge is -2.15. The van der Waals surface area contributed by atoms with Crippen molar-refractivity contribution in [3.05, 3.63) is 91.8 Å². The minimum Gasteiger partial charge on any atom is -0.497 e. The van der Waals surface area contributed by atoms with E-state index >= 15 is 0 Å². The van der Waals surface area contributed by atoms with Crippen molar-refractivity contribution in [2.45, 2.75) is 6.54 Å². The van der Waals surface area contributed by atoms with E-state index in [2.05, 4.69) is 32.9 Å². The third-order valence-corrected chi connectivity index (χ3v) is 5.22. The van der Waals surface area contributed by atoms with E-state index in [9.17, 15) is 13.6 Å². The summed E-state index contributed by atoms with van der Waals surface area (Å²) in [5, 5.41) is 3.48. The molecular formula is C22H16F2IN3O2. The van der Waals surface area contributed by atoms with Crippen LogP contribution in [0.1, 0.15) is 5.56 Å². The summed E-state index contributed by atoms with van der Waals surface area (Å²) in [6, 6.07) is 15.6. The number of nitrogens with zero attached hydrogens (tertiary/aromatic N) is 2.